The summed E-state index contributed by atoms with van der Waals surface area (Å²) < 4.78 is 5.42. The first-order chi connectivity index (χ1) is 7.92. The van der Waals surface area contributed by atoms with Crippen LogP contribution in [0.15, 0.2) is 0 Å². The first-order valence-electron chi connectivity index (χ1n) is 5.95. The zero-order valence-corrected chi connectivity index (χ0v) is 10.1. The number of nitrogens with one attached hydrogen (secondary N) is 2. The molecule has 0 aliphatic carbocycles. The summed E-state index contributed by atoms with van der Waals surface area (Å²) in [5.74, 6) is 0. The molecule has 1 aromatic heterocycles. The fourth-order valence-electron chi connectivity index (χ4n) is 2.24. The van der Waals surface area contributed by atoms with Gasteiger partial charge in [0, 0.05) is 19.0 Å². The smallest absolute Gasteiger partial charge is 0.183 e. The number of nitrogens with zero attached hydrogens (tertiary/aromatic N) is 1. The third-order valence-electron chi connectivity index (χ3n) is 3.16. The molecule has 5 heteroatoms. The maximum Gasteiger partial charge on any atom is 0.183 e. The third kappa shape index (κ3) is 2.21. The molecule has 4 nitrogen and oxygen atoms in total. The van der Waals surface area contributed by atoms with Gasteiger partial charge in [0.15, 0.2) is 5.13 Å². The average molecular weight is 239 g/mol. The van der Waals surface area contributed by atoms with Crippen LogP contribution in [-0.4, -0.2) is 30.7 Å². The normalized spacial score (nSPS) is 24.4. The minimum atomic E-state index is 0.622. The van der Waals surface area contributed by atoms with Gasteiger partial charge in [0.05, 0.1) is 23.8 Å². The molecule has 3 heterocycles. The number of aromatic nitrogens is 1. The molecule has 0 spiro atoms. The van der Waals surface area contributed by atoms with Crippen LogP contribution in [0.5, 0.6) is 0 Å². The average Bonchev–Trinajstić information content (AvgIpc) is 2.95. The molecule has 2 aliphatic rings. The Morgan fingerprint density at radius 1 is 1.56 bits per heavy atom. The van der Waals surface area contributed by atoms with E-state index >= 15 is 0 Å². The Bertz CT molecular complexity index is 337. The number of hydrogen-bond donors (Lipinski definition) is 2. The van der Waals surface area contributed by atoms with Gasteiger partial charge in [0.1, 0.15) is 0 Å². The lowest BCUT2D eigenvalue weighted by Gasteiger charge is -2.09. The van der Waals surface area contributed by atoms with Gasteiger partial charge in [-0.3, -0.25) is 0 Å². The Hall–Kier alpha value is -0.650. The van der Waals surface area contributed by atoms with Crippen molar-refractivity contribution in [3.05, 3.63) is 10.6 Å². The highest BCUT2D eigenvalue weighted by Gasteiger charge is 2.17. The van der Waals surface area contributed by atoms with Crippen molar-refractivity contribution in [2.75, 3.05) is 25.0 Å². The Kier molecular flexibility index (Phi) is 3.08. The first kappa shape index (κ1) is 10.5. The largest absolute Gasteiger partial charge is 0.375 e. The SMILES string of the molecule is C1CNC(CNc2nc3c(s2)COCC3)C1. The van der Waals surface area contributed by atoms with Crippen molar-refractivity contribution in [2.45, 2.75) is 31.9 Å². The van der Waals surface area contributed by atoms with Gasteiger partial charge in [0.2, 0.25) is 0 Å². The van der Waals surface area contributed by atoms with Gasteiger partial charge in [0.25, 0.3) is 0 Å². The van der Waals surface area contributed by atoms with Crippen LogP contribution in [0.1, 0.15) is 23.4 Å². The Labute approximate surface area is 99.4 Å². The van der Waals surface area contributed by atoms with E-state index in [0.717, 1.165) is 37.9 Å². The van der Waals surface area contributed by atoms with Gasteiger partial charge in [-0.1, -0.05) is 11.3 Å². The van der Waals surface area contributed by atoms with Crippen LogP contribution in [0, 0.1) is 0 Å². The summed E-state index contributed by atoms with van der Waals surface area (Å²) in [6.45, 7) is 3.72. The van der Waals surface area contributed by atoms with E-state index in [-0.39, 0.29) is 0 Å². The molecule has 0 saturated carbocycles. The molecular formula is C11H17N3OS. The van der Waals surface area contributed by atoms with Crippen molar-refractivity contribution in [1.82, 2.24) is 10.3 Å². The van der Waals surface area contributed by atoms with Crippen LogP contribution in [0.3, 0.4) is 0 Å². The molecular weight excluding hydrogens is 222 g/mol. The van der Waals surface area contributed by atoms with E-state index in [1.54, 1.807) is 11.3 Å². The third-order valence-corrected chi connectivity index (χ3v) is 4.19. The van der Waals surface area contributed by atoms with Crippen molar-refractivity contribution in [1.29, 1.82) is 0 Å². The van der Waals surface area contributed by atoms with E-state index in [1.807, 2.05) is 0 Å². The van der Waals surface area contributed by atoms with Gasteiger partial charge in [-0.25, -0.2) is 4.98 Å². The van der Waals surface area contributed by atoms with Crippen LogP contribution < -0.4 is 10.6 Å². The van der Waals surface area contributed by atoms with E-state index in [4.69, 9.17) is 4.74 Å². The molecule has 16 heavy (non-hydrogen) atoms. The van der Waals surface area contributed by atoms with E-state index in [0.29, 0.717) is 6.04 Å². The van der Waals surface area contributed by atoms with Gasteiger partial charge < -0.3 is 15.4 Å². The minimum absolute atomic E-state index is 0.622. The molecule has 0 bridgehead atoms. The van der Waals surface area contributed by atoms with E-state index < -0.39 is 0 Å². The highest BCUT2D eigenvalue weighted by atomic mass is 32.1. The summed E-state index contributed by atoms with van der Waals surface area (Å²) in [5, 5.41) is 7.97. The van der Waals surface area contributed by atoms with Gasteiger partial charge >= 0.3 is 0 Å². The topological polar surface area (TPSA) is 46.2 Å². The van der Waals surface area contributed by atoms with E-state index in [9.17, 15) is 0 Å². The van der Waals surface area contributed by atoms with E-state index in [1.165, 1.54) is 23.4 Å². The number of rotatable bonds is 3. The molecule has 2 aliphatic heterocycles. The first-order valence-corrected chi connectivity index (χ1v) is 6.77. The van der Waals surface area contributed by atoms with Crippen LogP contribution >= 0.6 is 11.3 Å². The van der Waals surface area contributed by atoms with Crippen molar-refractivity contribution >= 4 is 16.5 Å². The molecule has 3 rings (SSSR count). The lowest BCUT2D eigenvalue weighted by Crippen LogP contribution is -2.29. The number of fused-ring (bicyclic) bond motifs is 1. The summed E-state index contributed by atoms with van der Waals surface area (Å²) in [6, 6.07) is 0.622. The molecule has 0 radical (unpaired) electrons. The monoisotopic (exact) mass is 239 g/mol. The van der Waals surface area contributed by atoms with Crippen LogP contribution in [0.4, 0.5) is 5.13 Å². The van der Waals surface area contributed by atoms with Gasteiger partial charge in [-0.05, 0) is 19.4 Å². The fourth-order valence-corrected chi connectivity index (χ4v) is 3.19. The molecule has 2 N–H and O–H groups in total. The van der Waals surface area contributed by atoms with Crippen molar-refractivity contribution in [2.24, 2.45) is 0 Å². The molecule has 0 amide bonds. The molecule has 1 unspecified atom stereocenters. The summed E-state index contributed by atoms with van der Waals surface area (Å²) in [7, 11) is 0. The second kappa shape index (κ2) is 4.69. The number of ether oxygens (including phenoxy) is 1. The zero-order valence-electron chi connectivity index (χ0n) is 9.29. The van der Waals surface area contributed by atoms with E-state index in [2.05, 4.69) is 15.6 Å². The second-order valence-electron chi connectivity index (χ2n) is 4.37. The van der Waals surface area contributed by atoms with Crippen LogP contribution in [-0.2, 0) is 17.8 Å². The fraction of sp³-hybridized carbons (Fsp3) is 0.727. The minimum Gasteiger partial charge on any atom is -0.375 e. The van der Waals surface area contributed by atoms with Crippen LogP contribution in [0.2, 0.25) is 0 Å². The standard InChI is InChI=1S/C11H17N3OS/c1-2-8(12-4-1)6-13-11-14-9-3-5-15-7-10(9)16-11/h8,12H,1-7H2,(H,13,14). The molecule has 1 fully saturated rings. The Morgan fingerprint density at radius 2 is 2.56 bits per heavy atom. The van der Waals surface area contributed by atoms with Gasteiger partial charge in [-0.2, -0.15) is 0 Å². The van der Waals surface area contributed by atoms with Gasteiger partial charge in [-0.15, -0.1) is 0 Å². The summed E-state index contributed by atoms with van der Waals surface area (Å²) in [4.78, 5) is 5.91. The number of thiazole rings is 1. The number of anilines is 1. The molecule has 1 saturated heterocycles. The predicted octanol–water partition coefficient (Wildman–Crippen LogP) is 1.38. The van der Waals surface area contributed by atoms with Crippen molar-refractivity contribution in [3.63, 3.8) is 0 Å². The summed E-state index contributed by atoms with van der Waals surface area (Å²) in [5.41, 5.74) is 1.23. The van der Waals surface area contributed by atoms with Crippen LogP contribution in [0.25, 0.3) is 0 Å². The lowest BCUT2D eigenvalue weighted by molar-refractivity contribution is 0.112. The highest BCUT2D eigenvalue weighted by molar-refractivity contribution is 7.15. The van der Waals surface area contributed by atoms with Crippen molar-refractivity contribution in [3.8, 4) is 0 Å². The maximum atomic E-state index is 5.42. The lowest BCUT2D eigenvalue weighted by atomic mass is 10.2. The maximum absolute atomic E-state index is 5.42. The molecule has 0 aromatic carbocycles. The quantitative estimate of drug-likeness (QED) is 0.836. The zero-order chi connectivity index (χ0) is 10.8. The highest BCUT2D eigenvalue weighted by Crippen LogP contribution is 2.27. The Balaban J connectivity index is 1.59. The second-order valence-corrected chi connectivity index (χ2v) is 5.45. The van der Waals surface area contributed by atoms with Crippen molar-refractivity contribution < 1.29 is 4.74 Å². The number of hydrogen-bond acceptors (Lipinski definition) is 5. The summed E-state index contributed by atoms with van der Waals surface area (Å²) >= 11 is 1.74. The molecule has 1 aromatic rings. The summed E-state index contributed by atoms with van der Waals surface area (Å²) in [6.07, 6.45) is 3.55. The molecule has 88 valence electrons. The Morgan fingerprint density at radius 3 is 3.38 bits per heavy atom. The molecule has 1 atom stereocenters. The predicted molar refractivity (Wildman–Crippen MR) is 65.0 cm³/mol.